The maximum Gasteiger partial charge on any atom is 0.407 e. The third-order valence-corrected chi connectivity index (χ3v) is 6.64. The molecule has 1 aromatic rings. The maximum atomic E-state index is 11.7. The molecule has 0 aliphatic carbocycles. The van der Waals surface area contributed by atoms with E-state index in [9.17, 15) is 14.7 Å². The van der Waals surface area contributed by atoms with Crippen molar-refractivity contribution in [2.45, 2.75) is 39.8 Å². The molecule has 1 saturated heterocycles. The second kappa shape index (κ2) is 7.34. The van der Waals surface area contributed by atoms with Crippen LogP contribution in [0.4, 0.5) is 4.79 Å². The summed E-state index contributed by atoms with van der Waals surface area (Å²) in [6, 6.07) is 3.86. The van der Waals surface area contributed by atoms with Crippen molar-refractivity contribution in [3.63, 3.8) is 0 Å². The number of piperazine rings is 1. The van der Waals surface area contributed by atoms with Gasteiger partial charge >= 0.3 is 12.1 Å². The lowest BCUT2D eigenvalue weighted by atomic mass is 9.84. The summed E-state index contributed by atoms with van der Waals surface area (Å²) in [7, 11) is 0. The van der Waals surface area contributed by atoms with Crippen LogP contribution in [-0.2, 0) is 17.8 Å². The van der Waals surface area contributed by atoms with Crippen molar-refractivity contribution in [3.05, 3.63) is 32.4 Å². The van der Waals surface area contributed by atoms with Crippen molar-refractivity contribution < 1.29 is 19.4 Å². The van der Waals surface area contributed by atoms with Crippen molar-refractivity contribution in [3.8, 4) is 0 Å². The van der Waals surface area contributed by atoms with Crippen LogP contribution in [0.15, 0.2) is 12.1 Å². The molecule has 1 amide bonds. The lowest BCUT2D eigenvalue weighted by Crippen LogP contribution is -2.59. The smallest absolute Gasteiger partial charge is 0.407 e. The Morgan fingerprint density at radius 3 is 2.73 bits per heavy atom. The Labute approximate surface area is 167 Å². The van der Waals surface area contributed by atoms with Gasteiger partial charge in [0.05, 0.1) is 11.6 Å². The number of esters is 1. The first-order chi connectivity index (χ1) is 12.2. The number of halogens is 1. The molecule has 2 heterocycles. The topological polar surface area (TPSA) is 70.1 Å². The molecule has 0 bridgehead atoms. The van der Waals surface area contributed by atoms with Gasteiger partial charge in [-0.1, -0.05) is 26.8 Å². The van der Waals surface area contributed by atoms with E-state index in [1.807, 2.05) is 12.1 Å². The van der Waals surface area contributed by atoms with Gasteiger partial charge in [-0.05, 0) is 46.1 Å². The molecule has 0 radical (unpaired) electrons. The quantitative estimate of drug-likeness (QED) is 0.541. The van der Waals surface area contributed by atoms with Gasteiger partial charge in [0.1, 0.15) is 6.61 Å². The second-order valence-corrected chi connectivity index (χ2v) is 9.13. The van der Waals surface area contributed by atoms with E-state index in [2.05, 4.69) is 48.3 Å². The summed E-state index contributed by atoms with van der Waals surface area (Å²) in [5, 5.41) is 9.48. The molecule has 1 unspecified atom stereocenters. The number of cyclic esters (lactones) is 1. The first kappa shape index (κ1) is 19.4. The number of hydrogen-bond acceptors (Lipinski definition) is 4. The Morgan fingerprint density at radius 1 is 1.35 bits per heavy atom. The van der Waals surface area contributed by atoms with Gasteiger partial charge in [-0.25, -0.2) is 9.59 Å². The third-order valence-electron chi connectivity index (χ3n) is 5.30. The molecular formula is C19H25IN2O4. The summed E-state index contributed by atoms with van der Waals surface area (Å²) in [6.07, 6.45) is 0.0475. The summed E-state index contributed by atoms with van der Waals surface area (Å²) in [5.41, 5.74) is 2.80. The summed E-state index contributed by atoms with van der Waals surface area (Å²) in [4.78, 5) is 27.1. The number of hydrogen-bond donors (Lipinski definition) is 1. The zero-order valence-electron chi connectivity index (χ0n) is 15.4. The van der Waals surface area contributed by atoms with Gasteiger partial charge in [-0.3, -0.25) is 4.90 Å². The molecule has 1 aromatic carbocycles. The predicted molar refractivity (Wildman–Crippen MR) is 106 cm³/mol. The van der Waals surface area contributed by atoms with Crippen molar-refractivity contribution >= 4 is 34.7 Å². The van der Waals surface area contributed by atoms with E-state index < -0.39 is 6.09 Å². The average molecular weight is 472 g/mol. The van der Waals surface area contributed by atoms with Crippen LogP contribution < -0.4 is 0 Å². The van der Waals surface area contributed by atoms with Gasteiger partial charge in [0.2, 0.25) is 0 Å². The maximum absolute atomic E-state index is 11.7. The first-order valence-electron chi connectivity index (χ1n) is 8.88. The van der Waals surface area contributed by atoms with E-state index in [0.29, 0.717) is 18.7 Å². The summed E-state index contributed by atoms with van der Waals surface area (Å²) >= 11 is 2.30. The van der Waals surface area contributed by atoms with E-state index in [-0.39, 0.29) is 17.4 Å². The number of fused-ring (bicyclic) bond motifs is 1. The molecule has 0 saturated carbocycles. The minimum Gasteiger partial charge on any atom is -0.465 e. The Balaban J connectivity index is 1.67. The predicted octanol–water partition coefficient (Wildman–Crippen LogP) is 3.21. The fourth-order valence-corrected chi connectivity index (χ4v) is 4.60. The molecule has 2 aliphatic rings. The number of amides is 1. The van der Waals surface area contributed by atoms with Gasteiger partial charge in [-0.2, -0.15) is 0 Å². The molecule has 3 rings (SSSR count). The monoisotopic (exact) mass is 472 g/mol. The van der Waals surface area contributed by atoms with E-state index in [1.54, 1.807) is 4.90 Å². The highest BCUT2D eigenvalue weighted by Crippen LogP contribution is 2.30. The molecule has 1 N–H and O–H groups in total. The standard InChI is InChI=1S/C19H25IN2O4/c1-19(2,3)15-10-21(8-9-22(15)18(24)25)7-6-12-4-5-13-14(16(12)20)11-26-17(13)23/h4-5,15H,6-11H2,1-3H3,(H,24,25). The Hall–Kier alpha value is -1.35. The second-order valence-electron chi connectivity index (χ2n) is 8.05. The Morgan fingerprint density at radius 2 is 2.08 bits per heavy atom. The van der Waals surface area contributed by atoms with Gasteiger partial charge in [-0.15, -0.1) is 0 Å². The minimum absolute atomic E-state index is 0.0149. The fourth-order valence-electron chi connectivity index (χ4n) is 3.70. The Kier molecular flexibility index (Phi) is 5.48. The SMILES string of the molecule is CC(C)(C)C1CN(CCc2ccc3c(c2I)COC3=O)CCN1C(=O)O. The van der Waals surface area contributed by atoms with Gasteiger partial charge < -0.3 is 14.7 Å². The zero-order chi connectivity index (χ0) is 19.1. The van der Waals surface area contributed by atoms with Crippen LogP contribution in [0.5, 0.6) is 0 Å². The number of benzene rings is 1. The van der Waals surface area contributed by atoms with E-state index in [0.717, 1.165) is 35.2 Å². The molecule has 2 aliphatic heterocycles. The molecular weight excluding hydrogens is 447 g/mol. The highest BCUT2D eigenvalue weighted by molar-refractivity contribution is 14.1. The molecule has 6 nitrogen and oxygen atoms in total. The molecule has 7 heteroatoms. The third kappa shape index (κ3) is 3.83. The average Bonchev–Trinajstić information content (AvgIpc) is 2.95. The van der Waals surface area contributed by atoms with Gasteiger partial charge in [0.25, 0.3) is 0 Å². The number of carbonyl (C=O) groups excluding carboxylic acids is 1. The molecule has 142 valence electrons. The van der Waals surface area contributed by atoms with Crippen LogP contribution in [0.25, 0.3) is 0 Å². The molecule has 1 fully saturated rings. The van der Waals surface area contributed by atoms with Gasteiger partial charge in [0, 0.05) is 35.3 Å². The van der Waals surface area contributed by atoms with Crippen LogP contribution in [0.3, 0.4) is 0 Å². The van der Waals surface area contributed by atoms with Crippen LogP contribution >= 0.6 is 22.6 Å². The van der Waals surface area contributed by atoms with Crippen LogP contribution in [0.2, 0.25) is 0 Å². The van der Waals surface area contributed by atoms with Crippen LogP contribution in [-0.4, -0.2) is 59.2 Å². The van der Waals surface area contributed by atoms with Crippen molar-refractivity contribution in [1.29, 1.82) is 0 Å². The summed E-state index contributed by atoms with van der Waals surface area (Å²) in [5.74, 6) is -0.234. The normalized spacial score (nSPS) is 20.8. The lowest BCUT2D eigenvalue weighted by molar-refractivity contribution is 0.0221. The minimum atomic E-state index is -0.831. The van der Waals surface area contributed by atoms with E-state index >= 15 is 0 Å². The van der Waals surface area contributed by atoms with Crippen molar-refractivity contribution in [2.75, 3.05) is 26.2 Å². The summed E-state index contributed by atoms with van der Waals surface area (Å²) in [6.45, 7) is 9.57. The molecule has 1 atom stereocenters. The lowest BCUT2D eigenvalue weighted by Gasteiger charge is -2.46. The number of carboxylic acid groups (broad SMARTS) is 1. The molecule has 0 aromatic heterocycles. The van der Waals surface area contributed by atoms with Gasteiger partial charge in [0.15, 0.2) is 0 Å². The Bertz CT molecular complexity index is 729. The number of rotatable bonds is 3. The number of nitrogens with zero attached hydrogens (tertiary/aromatic N) is 2. The van der Waals surface area contributed by atoms with Crippen LogP contribution in [0.1, 0.15) is 42.3 Å². The van der Waals surface area contributed by atoms with Crippen molar-refractivity contribution in [1.82, 2.24) is 9.80 Å². The zero-order valence-corrected chi connectivity index (χ0v) is 17.6. The molecule has 26 heavy (non-hydrogen) atoms. The van der Waals surface area contributed by atoms with E-state index in [1.165, 1.54) is 5.56 Å². The first-order valence-corrected chi connectivity index (χ1v) is 9.95. The highest BCUT2D eigenvalue weighted by atomic mass is 127. The number of carbonyl (C=O) groups is 2. The van der Waals surface area contributed by atoms with E-state index in [4.69, 9.17) is 4.74 Å². The largest absolute Gasteiger partial charge is 0.465 e. The van der Waals surface area contributed by atoms with Crippen LogP contribution in [0, 0.1) is 8.99 Å². The molecule has 0 spiro atoms. The number of ether oxygens (including phenoxy) is 1. The summed E-state index contributed by atoms with van der Waals surface area (Å²) < 4.78 is 6.24. The highest BCUT2D eigenvalue weighted by Gasteiger charge is 2.37. The fraction of sp³-hybridized carbons (Fsp3) is 0.579. The van der Waals surface area contributed by atoms with Crippen molar-refractivity contribution in [2.24, 2.45) is 5.41 Å².